The van der Waals surface area contributed by atoms with Gasteiger partial charge in [-0.05, 0) is 55.5 Å². The van der Waals surface area contributed by atoms with Gasteiger partial charge in [-0.1, -0.05) is 41.4 Å². The van der Waals surface area contributed by atoms with Gasteiger partial charge < -0.3 is 25.5 Å². The van der Waals surface area contributed by atoms with Gasteiger partial charge >= 0.3 is 6.16 Å². The molecule has 3 heterocycles. The van der Waals surface area contributed by atoms with Crippen LogP contribution in [0.4, 0.5) is 27.9 Å². The van der Waals surface area contributed by atoms with Crippen LogP contribution < -0.4 is 16.0 Å². The van der Waals surface area contributed by atoms with Crippen LogP contribution in [0.25, 0.3) is 0 Å². The second-order valence-electron chi connectivity index (χ2n) is 8.85. The van der Waals surface area contributed by atoms with Gasteiger partial charge in [-0.3, -0.25) is 4.79 Å². The zero-order valence-corrected chi connectivity index (χ0v) is 22.3. The maximum atomic E-state index is 12.3. The molecule has 2 aliphatic heterocycles. The quantitative estimate of drug-likeness (QED) is 0.311. The van der Waals surface area contributed by atoms with Crippen LogP contribution in [0.15, 0.2) is 42.6 Å². The Balaban J connectivity index is 1.40. The number of rotatable bonds is 7. The first kappa shape index (κ1) is 26.0. The molecule has 2 aliphatic rings. The van der Waals surface area contributed by atoms with Crippen molar-refractivity contribution < 1.29 is 19.2 Å². The molecule has 2 bridgehead atoms. The molecule has 0 saturated carbocycles. The first-order valence-electron chi connectivity index (χ1n) is 12.2. The molecule has 1 fully saturated rings. The Morgan fingerprint density at radius 2 is 1.92 bits per heavy atom. The second-order valence-corrected chi connectivity index (χ2v) is 9.64. The number of benzene rings is 2. The lowest BCUT2D eigenvalue weighted by atomic mass is 9.94. The summed E-state index contributed by atoms with van der Waals surface area (Å²) in [6, 6.07) is 10.8. The zero-order valence-electron chi connectivity index (χ0n) is 20.8. The molecule has 1 saturated heterocycles. The van der Waals surface area contributed by atoms with Gasteiger partial charge in [-0.15, -0.1) is 5.06 Å². The van der Waals surface area contributed by atoms with E-state index in [4.69, 9.17) is 32.8 Å². The molecule has 2 aromatic carbocycles. The van der Waals surface area contributed by atoms with E-state index in [2.05, 4.69) is 25.9 Å². The molecule has 1 amide bonds. The van der Waals surface area contributed by atoms with Crippen molar-refractivity contribution in [3.05, 3.63) is 69.3 Å². The van der Waals surface area contributed by atoms with E-state index in [1.54, 1.807) is 43.3 Å². The molecule has 3 N–H and O–H groups in total. The van der Waals surface area contributed by atoms with E-state index in [-0.39, 0.29) is 35.6 Å². The smallest absolute Gasteiger partial charge is 0.433 e. The number of para-hydroxylation sites is 1. The van der Waals surface area contributed by atoms with Gasteiger partial charge in [0, 0.05) is 7.05 Å². The van der Waals surface area contributed by atoms with Crippen molar-refractivity contribution in [1.82, 2.24) is 20.3 Å². The van der Waals surface area contributed by atoms with Crippen LogP contribution in [0.1, 0.15) is 47.3 Å². The number of nitrogens with zero attached hydrogens (tertiary/aromatic N) is 3. The molecule has 0 aliphatic carbocycles. The first-order valence-corrected chi connectivity index (χ1v) is 13.0. The van der Waals surface area contributed by atoms with Crippen molar-refractivity contribution in [2.45, 2.75) is 38.3 Å². The number of anilines is 4. The Morgan fingerprint density at radius 1 is 1.11 bits per heavy atom. The Morgan fingerprint density at radius 3 is 2.71 bits per heavy atom. The number of hydroxylamine groups is 2. The normalized spacial score (nSPS) is 17.9. The fraction of sp³-hybridized carbons (Fsp3) is 0.308. The number of halogens is 2. The predicted octanol–water partition coefficient (Wildman–Crippen LogP) is 5.78. The molecule has 0 spiro atoms. The minimum Gasteiger partial charge on any atom is -0.433 e. The van der Waals surface area contributed by atoms with Crippen molar-refractivity contribution in [2.24, 2.45) is 0 Å². The fourth-order valence-electron chi connectivity index (χ4n) is 4.90. The second kappa shape index (κ2) is 11.0. The van der Waals surface area contributed by atoms with Crippen molar-refractivity contribution in [3.8, 4) is 0 Å². The maximum Gasteiger partial charge on any atom is 0.527 e. The van der Waals surface area contributed by atoms with Crippen LogP contribution in [-0.4, -0.2) is 46.8 Å². The van der Waals surface area contributed by atoms with Crippen LogP contribution >= 0.6 is 23.2 Å². The highest BCUT2D eigenvalue weighted by molar-refractivity contribution is 6.34. The van der Waals surface area contributed by atoms with Crippen LogP contribution in [0.2, 0.25) is 10.0 Å². The molecule has 2 atom stereocenters. The molecule has 10 nitrogen and oxygen atoms in total. The first-order chi connectivity index (χ1) is 18.4. The number of nitrogens with one attached hydrogen (secondary N) is 3. The van der Waals surface area contributed by atoms with Gasteiger partial charge in [-0.25, -0.2) is 9.78 Å². The van der Waals surface area contributed by atoms with Crippen LogP contribution in [0.5, 0.6) is 0 Å². The van der Waals surface area contributed by atoms with E-state index in [0.717, 1.165) is 24.0 Å². The number of aromatic nitrogens is 2. The molecule has 38 heavy (non-hydrogen) atoms. The molecule has 5 rings (SSSR count). The largest absolute Gasteiger partial charge is 0.527 e. The number of fused-ring (bicyclic) bond motifs is 4. The number of ether oxygens (including phenoxy) is 1. The standard InChI is InChI=1S/C26H26Cl2N6O4/c1-3-37-26(36)38-34-15-9-11-20(34)21-14(12-15)8-10-19(22(21)28)32-25-30-13-17(27)23(33-25)31-18-7-5-4-6-16(18)24(35)29-2/h4-8,10,13,15,20H,3,9,11-12H2,1-2H3,(H,29,35)(H2,30,31,32,33). The lowest BCUT2D eigenvalue weighted by molar-refractivity contribution is -0.165. The number of hydrogen-bond acceptors (Lipinski definition) is 9. The third kappa shape index (κ3) is 5.07. The Hall–Kier alpha value is -3.60. The van der Waals surface area contributed by atoms with E-state index in [0.29, 0.717) is 34.2 Å². The summed E-state index contributed by atoms with van der Waals surface area (Å²) < 4.78 is 4.98. The highest BCUT2D eigenvalue weighted by atomic mass is 35.5. The maximum absolute atomic E-state index is 12.3. The average Bonchev–Trinajstić information content (AvgIpc) is 3.17. The minimum atomic E-state index is -0.717. The molecule has 0 radical (unpaired) electrons. The van der Waals surface area contributed by atoms with Crippen molar-refractivity contribution in [2.75, 3.05) is 24.3 Å². The third-order valence-electron chi connectivity index (χ3n) is 6.58. The topological polar surface area (TPSA) is 118 Å². The van der Waals surface area contributed by atoms with Crippen LogP contribution in [-0.2, 0) is 16.0 Å². The highest BCUT2D eigenvalue weighted by Crippen LogP contribution is 2.48. The van der Waals surface area contributed by atoms with Gasteiger partial charge in [0.1, 0.15) is 5.02 Å². The monoisotopic (exact) mass is 556 g/mol. The SMILES string of the molecule is CCOC(=O)ON1C2CCC1c1c(ccc(Nc3ncc(Cl)c(Nc4ccccc4C(=O)NC)n3)c1Cl)C2. The van der Waals surface area contributed by atoms with Crippen molar-refractivity contribution in [1.29, 1.82) is 0 Å². The van der Waals surface area contributed by atoms with Gasteiger partial charge in [0.05, 0.1) is 46.8 Å². The number of amides is 1. The Bertz CT molecular complexity index is 1390. The van der Waals surface area contributed by atoms with Crippen molar-refractivity contribution >= 4 is 58.4 Å². The van der Waals surface area contributed by atoms with Gasteiger partial charge in [0.2, 0.25) is 5.95 Å². The molecule has 12 heteroatoms. The summed E-state index contributed by atoms with van der Waals surface area (Å²) in [4.78, 5) is 38.6. The van der Waals surface area contributed by atoms with Gasteiger partial charge in [0.15, 0.2) is 5.82 Å². The predicted molar refractivity (Wildman–Crippen MR) is 144 cm³/mol. The van der Waals surface area contributed by atoms with E-state index in [1.165, 1.54) is 6.20 Å². The molecule has 2 unspecified atom stereocenters. The lowest BCUT2D eigenvalue weighted by Gasteiger charge is -2.34. The molecule has 1 aromatic heterocycles. The van der Waals surface area contributed by atoms with Crippen molar-refractivity contribution in [3.63, 3.8) is 0 Å². The molecule has 3 aromatic rings. The highest BCUT2D eigenvalue weighted by Gasteiger charge is 2.44. The Labute approximate surface area is 229 Å². The molecular formula is C26H26Cl2N6O4. The van der Waals surface area contributed by atoms with Crippen LogP contribution in [0.3, 0.4) is 0 Å². The molecular weight excluding hydrogens is 531 g/mol. The Kier molecular flexibility index (Phi) is 7.55. The molecule has 198 valence electrons. The lowest BCUT2D eigenvalue weighted by Crippen LogP contribution is -2.39. The van der Waals surface area contributed by atoms with E-state index in [1.807, 2.05) is 12.1 Å². The van der Waals surface area contributed by atoms with Crippen LogP contribution in [0, 0.1) is 0 Å². The van der Waals surface area contributed by atoms with E-state index in [9.17, 15) is 9.59 Å². The number of carbonyl (C=O) groups is 2. The van der Waals surface area contributed by atoms with E-state index >= 15 is 0 Å². The van der Waals surface area contributed by atoms with E-state index < -0.39 is 6.16 Å². The zero-order chi connectivity index (χ0) is 26.8. The van der Waals surface area contributed by atoms with Gasteiger partial charge in [0.25, 0.3) is 5.91 Å². The number of carbonyl (C=O) groups excluding carboxylic acids is 2. The minimum absolute atomic E-state index is 0.0812. The number of hydrogen-bond donors (Lipinski definition) is 3. The third-order valence-corrected chi connectivity index (χ3v) is 7.27. The summed E-state index contributed by atoms with van der Waals surface area (Å²) in [5.74, 6) is 0.339. The summed E-state index contributed by atoms with van der Waals surface area (Å²) in [7, 11) is 1.56. The average molecular weight is 557 g/mol. The summed E-state index contributed by atoms with van der Waals surface area (Å²) in [5, 5.41) is 11.4. The summed E-state index contributed by atoms with van der Waals surface area (Å²) in [6.07, 6.45) is 3.14. The fourth-order valence-corrected chi connectivity index (χ4v) is 5.40. The summed E-state index contributed by atoms with van der Waals surface area (Å²) in [6.45, 7) is 1.97. The summed E-state index contributed by atoms with van der Waals surface area (Å²) in [5.41, 5.74) is 3.61. The summed E-state index contributed by atoms with van der Waals surface area (Å²) >= 11 is 13.3. The van der Waals surface area contributed by atoms with Gasteiger partial charge in [-0.2, -0.15) is 4.98 Å².